The zero-order chi connectivity index (χ0) is 11.8. The van der Waals surface area contributed by atoms with Crippen LogP contribution in [0.3, 0.4) is 0 Å². The normalized spacial score (nSPS) is 17.6. The number of ketones is 1. The van der Waals surface area contributed by atoms with Crippen LogP contribution < -0.4 is 0 Å². The summed E-state index contributed by atoms with van der Waals surface area (Å²) in [5, 5.41) is 9.55. The Labute approximate surface area is 96.8 Å². The van der Waals surface area contributed by atoms with Crippen molar-refractivity contribution in [2.45, 2.75) is 0 Å². The molecule has 1 aliphatic heterocycles. The van der Waals surface area contributed by atoms with Crippen molar-refractivity contribution in [3.8, 4) is 0 Å². The lowest BCUT2D eigenvalue weighted by Crippen LogP contribution is -2.54. The van der Waals surface area contributed by atoms with E-state index in [-0.39, 0.29) is 13.2 Å². The van der Waals surface area contributed by atoms with Crippen LogP contribution in [0.25, 0.3) is 0 Å². The van der Waals surface area contributed by atoms with Crippen molar-refractivity contribution in [1.29, 1.82) is 0 Å². The van der Waals surface area contributed by atoms with Crippen molar-refractivity contribution in [2.75, 3.05) is 13.2 Å². The van der Waals surface area contributed by atoms with E-state index >= 15 is 0 Å². The number of carbonyl (C=O) groups excluding carboxylic acids is 1. The molecule has 0 atom stereocenters. The van der Waals surface area contributed by atoms with Gasteiger partial charge in [-0.05, 0) is 24.3 Å². The van der Waals surface area contributed by atoms with Gasteiger partial charge in [-0.25, -0.2) is 0 Å². The average Bonchev–Trinajstić information content (AvgIpc) is 2.16. The van der Waals surface area contributed by atoms with Gasteiger partial charge in [0.2, 0.25) is 0 Å². The summed E-state index contributed by atoms with van der Waals surface area (Å²) in [6.07, 6.45) is 0. The molecule has 1 aliphatic rings. The number of hydrogen-bond acceptors (Lipinski definition) is 3. The molecule has 1 heterocycles. The van der Waals surface area contributed by atoms with Crippen molar-refractivity contribution in [3.05, 3.63) is 34.9 Å². The van der Waals surface area contributed by atoms with Crippen molar-refractivity contribution < 1.29 is 19.4 Å². The maximum Gasteiger partial charge on any atom is 0.322 e. The van der Waals surface area contributed by atoms with Crippen LogP contribution in [0.15, 0.2) is 24.3 Å². The molecule has 0 amide bonds. The summed E-state index contributed by atoms with van der Waals surface area (Å²) >= 11 is 5.69. The average molecular weight is 241 g/mol. The van der Waals surface area contributed by atoms with Gasteiger partial charge < -0.3 is 9.84 Å². The van der Waals surface area contributed by atoms with E-state index in [1.807, 2.05) is 0 Å². The first-order chi connectivity index (χ1) is 7.56. The molecular formula is C11H9ClO4. The number of aliphatic carboxylic acids is 1. The Kier molecular flexibility index (Phi) is 2.69. The molecule has 0 saturated carbocycles. The number of carboxylic acids is 1. The Hall–Kier alpha value is -1.39. The maximum absolute atomic E-state index is 12.0. The monoisotopic (exact) mass is 240 g/mol. The molecule has 0 unspecified atom stereocenters. The standard InChI is InChI=1S/C11H9ClO4/c12-8-3-1-7(2-4-8)9(13)11(10(14)15)5-16-6-11/h1-4H,5-6H2,(H,14,15). The Morgan fingerprint density at radius 3 is 2.19 bits per heavy atom. The topological polar surface area (TPSA) is 63.6 Å². The quantitative estimate of drug-likeness (QED) is 0.644. The number of rotatable bonds is 3. The zero-order valence-corrected chi connectivity index (χ0v) is 9.03. The van der Waals surface area contributed by atoms with Crippen LogP contribution in [-0.2, 0) is 9.53 Å². The smallest absolute Gasteiger partial charge is 0.322 e. The minimum Gasteiger partial charge on any atom is -0.480 e. The van der Waals surface area contributed by atoms with E-state index in [0.29, 0.717) is 10.6 Å². The van der Waals surface area contributed by atoms with Gasteiger partial charge in [0.25, 0.3) is 0 Å². The summed E-state index contributed by atoms with van der Waals surface area (Å²) in [7, 11) is 0. The summed E-state index contributed by atoms with van der Waals surface area (Å²) in [6, 6.07) is 6.16. The number of ether oxygens (including phenoxy) is 1. The Balaban J connectivity index is 2.31. The highest BCUT2D eigenvalue weighted by molar-refractivity contribution is 6.30. The second-order valence-corrected chi connectivity index (χ2v) is 4.15. The summed E-state index contributed by atoms with van der Waals surface area (Å²) < 4.78 is 4.84. The van der Waals surface area contributed by atoms with Crippen molar-refractivity contribution in [1.82, 2.24) is 0 Å². The molecule has 84 valence electrons. The molecule has 1 aromatic carbocycles. The van der Waals surface area contributed by atoms with Gasteiger partial charge in [-0.3, -0.25) is 9.59 Å². The second kappa shape index (κ2) is 3.88. The van der Waals surface area contributed by atoms with Gasteiger partial charge in [0.15, 0.2) is 11.2 Å². The van der Waals surface area contributed by atoms with Gasteiger partial charge in [0.05, 0.1) is 13.2 Å². The third-order valence-corrected chi connectivity index (χ3v) is 2.90. The van der Waals surface area contributed by atoms with E-state index in [9.17, 15) is 9.59 Å². The first-order valence-corrected chi connectivity index (χ1v) is 5.05. The number of carbonyl (C=O) groups is 2. The van der Waals surface area contributed by atoms with Crippen molar-refractivity contribution in [3.63, 3.8) is 0 Å². The predicted molar refractivity (Wildman–Crippen MR) is 56.7 cm³/mol. The van der Waals surface area contributed by atoms with Crippen LogP contribution in [0.5, 0.6) is 0 Å². The predicted octanol–water partition coefficient (Wildman–Crippen LogP) is 1.62. The Morgan fingerprint density at radius 2 is 1.81 bits per heavy atom. The molecule has 0 bridgehead atoms. The molecule has 0 spiro atoms. The molecule has 16 heavy (non-hydrogen) atoms. The van der Waals surface area contributed by atoms with Crippen LogP contribution in [0.2, 0.25) is 5.02 Å². The highest BCUT2D eigenvalue weighted by Crippen LogP contribution is 2.32. The third-order valence-electron chi connectivity index (χ3n) is 2.65. The van der Waals surface area contributed by atoms with Gasteiger partial charge in [0.1, 0.15) is 0 Å². The fraction of sp³-hybridized carbons (Fsp3) is 0.273. The van der Waals surface area contributed by atoms with E-state index in [1.165, 1.54) is 12.1 Å². The van der Waals surface area contributed by atoms with Gasteiger partial charge in [0, 0.05) is 10.6 Å². The molecule has 0 aliphatic carbocycles. The molecule has 0 radical (unpaired) electrons. The van der Waals surface area contributed by atoms with E-state index < -0.39 is 17.2 Å². The Bertz CT molecular complexity index is 434. The largest absolute Gasteiger partial charge is 0.480 e. The highest BCUT2D eigenvalue weighted by atomic mass is 35.5. The SMILES string of the molecule is O=C(O)C1(C(=O)c2ccc(Cl)cc2)COC1. The van der Waals surface area contributed by atoms with Crippen LogP contribution in [0.1, 0.15) is 10.4 Å². The first-order valence-electron chi connectivity index (χ1n) is 4.68. The molecule has 1 N–H and O–H groups in total. The van der Waals surface area contributed by atoms with Crippen molar-refractivity contribution in [2.24, 2.45) is 5.41 Å². The molecule has 2 rings (SSSR count). The van der Waals surface area contributed by atoms with E-state index in [2.05, 4.69) is 0 Å². The molecule has 5 heteroatoms. The summed E-state index contributed by atoms with van der Waals surface area (Å²) in [5.41, 5.74) is -1.07. The second-order valence-electron chi connectivity index (χ2n) is 3.72. The van der Waals surface area contributed by atoms with E-state index in [4.69, 9.17) is 21.4 Å². The fourth-order valence-corrected chi connectivity index (χ4v) is 1.66. The van der Waals surface area contributed by atoms with Crippen molar-refractivity contribution >= 4 is 23.4 Å². The van der Waals surface area contributed by atoms with Gasteiger partial charge in [-0.1, -0.05) is 11.6 Å². The molecular weight excluding hydrogens is 232 g/mol. The minimum atomic E-state index is -1.41. The molecule has 0 aromatic heterocycles. The summed E-state index contributed by atoms with van der Waals surface area (Å²) in [5.74, 6) is -1.57. The van der Waals surface area contributed by atoms with Crippen LogP contribution >= 0.6 is 11.6 Å². The lowest BCUT2D eigenvalue weighted by atomic mass is 9.78. The van der Waals surface area contributed by atoms with Gasteiger partial charge in [-0.2, -0.15) is 0 Å². The minimum absolute atomic E-state index is 0.0657. The zero-order valence-electron chi connectivity index (χ0n) is 8.27. The third kappa shape index (κ3) is 1.60. The summed E-state index contributed by atoms with van der Waals surface area (Å²) in [4.78, 5) is 23.1. The van der Waals surface area contributed by atoms with Gasteiger partial charge >= 0.3 is 5.97 Å². The number of Topliss-reactive ketones (excluding diaryl/α,β-unsaturated/α-hetero) is 1. The number of hydrogen-bond donors (Lipinski definition) is 1. The van der Waals surface area contributed by atoms with Gasteiger partial charge in [-0.15, -0.1) is 0 Å². The number of carboxylic acid groups (broad SMARTS) is 1. The van der Waals surface area contributed by atoms with E-state index in [1.54, 1.807) is 12.1 Å². The molecule has 1 fully saturated rings. The Morgan fingerprint density at radius 1 is 1.25 bits per heavy atom. The number of benzene rings is 1. The fourth-order valence-electron chi connectivity index (χ4n) is 1.54. The van der Waals surface area contributed by atoms with Crippen LogP contribution in [0, 0.1) is 5.41 Å². The number of halogens is 1. The highest BCUT2D eigenvalue weighted by Gasteiger charge is 2.53. The van der Waals surface area contributed by atoms with Crippen LogP contribution in [0.4, 0.5) is 0 Å². The molecule has 1 aromatic rings. The lowest BCUT2D eigenvalue weighted by molar-refractivity contribution is -0.168. The molecule has 4 nitrogen and oxygen atoms in total. The van der Waals surface area contributed by atoms with E-state index in [0.717, 1.165) is 0 Å². The first kappa shape index (κ1) is 11.1. The summed E-state index contributed by atoms with van der Waals surface area (Å²) in [6.45, 7) is -0.131. The van der Waals surface area contributed by atoms with Crippen LogP contribution in [-0.4, -0.2) is 30.1 Å². The molecule has 1 saturated heterocycles. The maximum atomic E-state index is 12.0. The lowest BCUT2D eigenvalue weighted by Gasteiger charge is -2.35.